The van der Waals surface area contributed by atoms with Crippen molar-refractivity contribution in [2.24, 2.45) is 11.8 Å². The molecule has 1 rings (SSSR count). The van der Waals surface area contributed by atoms with Gasteiger partial charge in [-0.3, -0.25) is 0 Å². The second kappa shape index (κ2) is 5.83. The van der Waals surface area contributed by atoms with E-state index >= 15 is 0 Å². The number of aliphatic hydroxyl groups is 1. The van der Waals surface area contributed by atoms with Crippen molar-refractivity contribution in [3.05, 3.63) is 0 Å². The predicted octanol–water partition coefficient (Wildman–Crippen LogP) is 1.41. The standard InChI is InChI=1S/C12H25NO2/c1-10-4-5-12(9-14,11(2)8-10)13-6-7-15-3/h10-11,13-14H,4-9H2,1-3H3. The molecule has 0 aliphatic heterocycles. The Hall–Kier alpha value is -0.120. The average Bonchev–Trinajstić information content (AvgIpc) is 2.22. The quantitative estimate of drug-likeness (QED) is 0.681. The molecule has 90 valence electrons. The fraction of sp³-hybridized carbons (Fsp3) is 1.00. The van der Waals surface area contributed by atoms with E-state index in [1.165, 1.54) is 12.8 Å². The number of rotatable bonds is 5. The minimum atomic E-state index is -0.0644. The molecule has 2 N–H and O–H groups in total. The molecule has 0 spiro atoms. The molecule has 1 aliphatic rings. The molecule has 3 heteroatoms. The Kier molecular flexibility index (Phi) is 5.03. The lowest BCUT2D eigenvalue weighted by atomic mass is 9.70. The summed E-state index contributed by atoms with van der Waals surface area (Å²) in [6, 6.07) is 0. The van der Waals surface area contributed by atoms with Gasteiger partial charge in [0.15, 0.2) is 0 Å². The van der Waals surface area contributed by atoms with E-state index < -0.39 is 0 Å². The third-order valence-corrected chi connectivity index (χ3v) is 3.85. The molecule has 15 heavy (non-hydrogen) atoms. The second-order valence-electron chi connectivity index (χ2n) is 5.01. The molecule has 3 nitrogen and oxygen atoms in total. The molecule has 0 heterocycles. The van der Waals surface area contributed by atoms with Crippen molar-refractivity contribution in [1.82, 2.24) is 5.32 Å². The first kappa shape index (κ1) is 12.9. The van der Waals surface area contributed by atoms with Crippen LogP contribution in [0.2, 0.25) is 0 Å². The van der Waals surface area contributed by atoms with Crippen LogP contribution in [0.25, 0.3) is 0 Å². The van der Waals surface area contributed by atoms with Gasteiger partial charge in [-0.1, -0.05) is 13.8 Å². The molecule has 1 aliphatic carbocycles. The SMILES string of the molecule is COCCNC1(CO)CCC(C)CC1C. The fourth-order valence-electron chi connectivity index (χ4n) is 2.65. The third kappa shape index (κ3) is 3.16. The Morgan fingerprint density at radius 2 is 2.20 bits per heavy atom. The van der Waals surface area contributed by atoms with Gasteiger partial charge in [0.25, 0.3) is 0 Å². The van der Waals surface area contributed by atoms with Crippen LogP contribution in [0.3, 0.4) is 0 Å². The van der Waals surface area contributed by atoms with E-state index in [1.54, 1.807) is 7.11 Å². The van der Waals surface area contributed by atoms with Crippen LogP contribution >= 0.6 is 0 Å². The van der Waals surface area contributed by atoms with Crippen LogP contribution in [0, 0.1) is 11.8 Å². The highest BCUT2D eigenvalue weighted by Gasteiger charge is 2.38. The number of nitrogens with one attached hydrogen (secondary N) is 1. The average molecular weight is 215 g/mol. The highest BCUT2D eigenvalue weighted by Crippen LogP contribution is 2.36. The first-order chi connectivity index (χ1) is 7.14. The molecule has 3 atom stereocenters. The molecule has 1 fully saturated rings. The lowest BCUT2D eigenvalue weighted by molar-refractivity contribution is 0.0509. The normalized spacial score (nSPS) is 36.8. The highest BCUT2D eigenvalue weighted by atomic mass is 16.5. The molecule has 0 aromatic rings. The van der Waals surface area contributed by atoms with Crippen molar-refractivity contribution >= 4 is 0 Å². The zero-order valence-electron chi connectivity index (χ0n) is 10.3. The smallest absolute Gasteiger partial charge is 0.0615 e. The topological polar surface area (TPSA) is 41.5 Å². The van der Waals surface area contributed by atoms with Gasteiger partial charge in [-0.2, -0.15) is 0 Å². The van der Waals surface area contributed by atoms with Gasteiger partial charge in [-0.05, 0) is 31.1 Å². The van der Waals surface area contributed by atoms with Gasteiger partial charge in [0.2, 0.25) is 0 Å². The van der Waals surface area contributed by atoms with Crippen LogP contribution in [0.1, 0.15) is 33.1 Å². The lowest BCUT2D eigenvalue weighted by Crippen LogP contribution is -2.56. The zero-order chi connectivity index (χ0) is 11.3. The van der Waals surface area contributed by atoms with Crippen LogP contribution in [0.5, 0.6) is 0 Å². The number of hydrogen-bond donors (Lipinski definition) is 2. The Morgan fingerprint density at radius 3 is 2.73 bits per heavy atom. The van der Waals surface area contributed by atoms with Crippen LogP contribution < -0.4 is 5.32 Å². The van der Waals surface area contributed by atoms with Gasteiger partial charge >= 0.3 is 0 Å². The van der Waals surface area contributed by atoms with Crippen molar-refractivity contribution in [2.45, 2.75) is 38.6 Å². The van der Waals surface area contributed by atoms with Crippen molar-refractivity contribution < 1.29 is 9.84 Å². The number of aliphatic hydroxyl groups excluding tert-OH is 1. The second-order valence-corrected chi connectivity index (χ2v) is 5.01. The molecule has 0 aromatic carbocycles. The summed E-state index contributed by atoms with van der Waals surface area (Å²) in [5.41, 5.74) is -0.0644. The summed E-state index contributed by atoms with van der Waals surface area (Å²) >= 11 is 0. The Labute approximate surface area is 93.2 Å². The summed E-state index contributed by atoms with van der Waals surface area (Å²) in [5, 5.41) is 13.1. The van der Waals surface area contributed by atoms with Crippen molar-refractivity contribution in [1.29, 1.82) is 0 Å². The Bertz CT molecular complexity index is 186. The minimum absolute atomic E-state index is 0.0644. The number of hydrogen-bond acceptors (Lipinski definition) is 3. The largest absolute Gasteiger partial charge is 0.394 e. The van der Waals surface area contributed by atoms with Gasteiger partial charge in [0, 0.05) is 19.2 Å². The number of methoxy groups -OCH3 is 1. The van der Waals surface area contributed by atoms with Crippen LogP contribution in [0.15, 0.2) is 0 Å². The molecule has 3 unspecified atom stereocenters. The maximum Gasteiger partial charge on any atom is 0.0615 e. The van der Waals surface area contributed by atoms with Crippen LogP contribution in [-0.4, -0.2) is 37.5 Å². The molecule has 0 amide bonds. The van der Waals surface area contributed by atoms with E-state index in [1.807, 2.05) is 0 Å². The van der Waals surface area contributed by atoms with Crippen LogP contribution in [-0.2, 0) is 4.74 Å². The van der Waals surface area contributed by atoms with Gasteiger partial charge in [0.05, 0.1) is 13.2 Å². The first-order valence-corrected chi connectivity index (χ1v) is 5.99. The van der Waals surface area contributed by atoms with Crippen molar-refractivity contribution in [3.63, 3.8) is 0 Å². The monoisotopic (exact) mass is 215 g/mol. The molecule has 0 aromatic heterocycles. The van der Waals surface area contributed by atoms with E-state index in [0.717, 1.165) is 18.9 Å². The Balaban J connectivity index is 2.50. The van der Waals surface area contributed by atoms with E-state index in [2.05, 4.69) is 19.2 Å². The van der Waals surface area contributed by atoms with Crippen LogP contribution in [0.4, 0.5) is 0 Å². The van der Waals surface area contributed by atoms with Gasteiger partial charge in [-0.15, -0.1) is 0 Å². The van der Waals surface area contributed by atoms with E-state index in [-0.39, 0.29) is 12.1 Å². The fourth-order valence-corrected chi connectivity index (χ4v) is 2.65. The summed E-state index contributed by atoms with van der Waals surface area (Å²) in [5.74, 6) is 1.34. The maximum atomic E-state index is 9.59. The van der Waals surface area contributed by atoms with Gasteiger partial charge in [-0.25, -0.2) is 0 Å². The Morgan fingerprint density at radius 1 is 1.47 bits per heavy atom. The lowest BCUT2D eigenvalue weighted by Gasteiger charge is -2.44. The molecular formula is C12H25NO2. The van der Waals surface area contributed by atoms with Gasteiger partial charge < -0.3 is 15.2 Å². The predicted molar refractivity (Wildman–Crippen MR) is 61.9 cm³/mol. The molecule has 0 radical (unpaired) electrons. The van der Waals surface area contributed by atoms with E-state index in [9.17, 15) is 5.11 Å². The molecule has 0 saturated heterocycles. The third-order valence-electron chi connectivity index (χ3n) is 3.85. The van der Waals surface area contributed by atoms with Crippen molar-refractivity contribution in [2.75, 3.05) is 26.9 Å². The highest BCUT2D eigenvalue weighted by molar-refractivity contribution is 4.96. The minimum Gasteiger partial charge on any atom is -0.394 e. The summed E-state index contributed by atoms with van der Waals surface area (Å²) in [6.45, 7) is 6.32. The van der Waals surface area contributed by atoms with E-state index in [4.69, 9.17) is 4.74 Å². The molecule has 1 saturated carbocycles. The summed E-state index contributed by atoms with van der Waals surface area (Å²) in [4.78, 5) is 0. The summed E-state index contributed by atoms with van der Waals surface area (Å²) in [6.07, 6.45) is 3.50. The van der Waals surface area contributed by atoms with Gasteiger partial charge in [0.1, 0.15) is 0 Å². The zero-order valence-corrected chi connectivity index (χ0v) is 10.3. The number of ether oxygens (including phenoxy) is 1. The molecule has 0 bridgehead atoms. The van der Waals surface area contributed by atoms with Crippen molar-refractivity contribution in [3.8, 4) is 0 Å². The molecular weight excluding hydrogens is 190 g/mol. The summed E-state index contributed by atoms with van der Waals surface area (Å²) < 4.78 is 5.03. The van der Waals surface area contributed by atoms with E-state index in [0.29, 0.717) is 12.5 Å². The first-order valence-electron chi connectivity index (χ1n) is 5.99. The summed E-state index contributed by atoms with van der Waals surface area (Å²) in [7, 11) is 1.71. The maximum absolute atomic E-state index is 9.59.